The van der Waals surface area contributed by atoms with Crippen molar-refractivity contribution in [1.29, 1.82) is 5.26 Å². The lowest BCUT2D eigenvalue weighted by Gasteiger charge is -2.29. The van der Waals surface area contributed by atoms with Crippen LogP contribution in [0.1, 0.15) is 50.5 Å². The Morgan fingerprint density at radius 1 is 1.22 bits per heavy atom. The first-order valence-electron chi connectivity index (χ1n) is 8.58. The van der Waals surface area contributed by atoms with E-state index in [0.29, 0.717) is 12.1 Å². The molecule has 1 saturated heterocycles. The molecule has 1 heterocycles. The van der Waals surface area contributed by atoms with Crippen LogP contribution in [0.3, 0.4) is 0 Å². The molecule has 0 atom stereocenters. The van der Waals surface area contributed by atoms with Crippen LogP contribution in [0.5, 0.6) is 0 Å². The zero-order valence-electron chi connectivity index (χ0n) is 13.6. The van der Waals surface area contributed by atoms with Crippen LogP contribution in [0, 0.1) is 23.1 Å². The Balaban J connectivity index is 0.000000229. The average molecular weight is 316 g/mol. The molecule has 0 spiro atoms. The van der Waals surface area contributed by atoms with Gasteiger partial charge < -0.3 is 9.69 Å². The van der Waals surface area contributed by atoms with Gasteiger partial charge in [0, 0.05) is 25.9 Å². The van der Waals surface area contributed by atoms with Crippen LogP contribution < -0.4 is 4.90 Å². The first-order chi connectivity index (χ1) is 11.2. The van der Waals surface area contributed by atoms with Crippen molar-refractivity contribution in [2.75, 3.05) is 18.0 Å². The summed E-state index contributed by atoms with van der Waals surface area (Å²) in [6, 6.07) is 7.11. The van der Waals surface area contributed by atoms with Crippen molar-refractivity contribution in [3.8, 4) is 6.07 Å². The minimum Gasteiger partial charge on any atom is -0.369 e. The van der Waals surface area contributed by atoms with Crippen LogP contribution in [-0.2, 0) is 11.2 Å². The van der Waals surface area contributed by atoms with E-state index in [4.69, 9.17) is 5.26 Å². The monoisotopic (exact) mass is 316 g/mol. The van der Waals surface area contributed by atoms with E-state index >= 15 is 0 Å². The number of nitrogens with zero attached hydrogens (tertiary/aromatic N) is 2. The summed E-state index contributed by atoms with van der Waals surface area (Å²) < 4.78 is 13.7. The lowest BCUT2D eigenvalue weighted by molar-refractivity contribution is -0.107. The molecule has 0 radical (unpaired) electrons. The maximum absolute atomic E-state index is 13.7. The fourth-order valence-corrected chi connectivity index (χ4v) is 2.98. The van der Waals surface area contributed by atoms with E-state index in [1.807, 2.05) is 0 Å². The Hall–Kier alpha value is -1.89. The summed E-state index contributed by atoms with van der Waals surface area (Å²) in [5.41, 5.74) is 1.54. The van der Waals surface area contributed by atoms with Gasteiger partial charge in [0.05, 0.1) is 11.8 Å². The van der Waals surface area contributed by atoms with Gasteiger partial charge in [0.2, 0.25) is 0 Å². The number of aldehydes is 1. The molecule has 1 saturated carbocycles. The summed E-state index contributed by atoms with van der Waals surface area (Å²) in [7, 11) is 0. The smallest absolute Gasteiger partial charge is 0.146 e. The van der Waals surface area contributed by atoms with Crippen molar-refractivity contribution in [2.24, 2.45) is 5.92 Å². The molecule has 0 bridgehead atoms. The number of nitriles is 1. The molecule has 4 heteroatoms. The highest BCUT2D eigenvalue weighted by molar-refractivity contribution is 5.58. The predicted octanol–water partition coefficient (Wildman–Crippen LogP) is 4.26. The van der Waals surface area contributed by atoms with Crippen LogP contribution in [0.4, 0.5) is 10.1 Å². The van der Waals surface area contributed by atoms with Crippen molar-refractivity contribution < 1.29 is 9.18 Å². The maximum Gasteiger partial charge on any atom is 0.146 e. The number of carbonyl (C=O) groups is 1. The molecule has 1 aromatic carbocycles. The summed E-state index contributed by atoms with van der Waals surface area (Å²) in [5.74, 6) is 0.585. The van der Waals surface area contributed by atoms with Crippen molar-refractivity contribution in [2.45, 2.75) is 51.4 Å². The van der Waals surface area contributed by atoms with Gasteiger partial charge in [0.15, 0.2) is 0 Å². The zero-order valence-corrected chi connectivity index (χ0v) is 13.6. The van der Waals surface area contributed by atoms with Crippen molar-refractivity contribution in [1.82, 2.24) is 0 Å². The third-order valence-corrected chi connectivity index (χ3v) is 4.63. The molecule has 2 fully saturated rings. The van der Waals surface area contributed by atoms with Crippen molar-refractivity contribution in [3.63, 3.8) is 0 Å². The summed E-state index contributed by atoms with van der Waals surface area (Å²) in [6.07, 6.45) is 9.43. The largest absolute Gasteiger partial charge is 0.369 e. The third kappa shape index (κ3) is 5.35. The van der Waals surface area contributed by atoms with E-state index in [-0.39, 0.29) is 5.82 Å². The molecule has 3 nitrogen and oxygen atoms in total. The number of halogens is 1. The van der Waals surface area contributed by atoms with Gasteiger partial charge in [0.1, 0.15) is 12.1 Å². The van der Waals surface area contributed by atoms with Crippen molar-refractivity contribution >= 4 is 12.0 Å². The topological polar surface area (TPSA) is 44.1 Å². The Morgan fingerprint density at radius 2 is 1.96 bits per heavy atom. The Morgan fingerprint density at radius 3 is 2.48 bits per heavy atom. The quantitative estimate of drug-likeness (QED) is 0.780. The molecule has 23 heavy (non-hydrogen) atoms. The van der Waals surface area contributed by atoms with Crippen LogP contribution in [0.2, 0.25) is 0 Å². The number of hydrogen-bond acceptors (Lipinski definition) is 3. The number of benzene rings is 1. The van der Waals surface area contributed by atoms with Gasteiger partial charge in [-0.2, -0.15) is 5.26 Å². The molecule has 2 aliphatic rings. The number of hydrogen-bond donors (Lipinski definition) is 0. The highest BCUT2D eigenvalue weighted by Crippen LogP contribution is 2.28. The zero-order chi connectivity index (χ0) is 16.5. The molecule has 0 aromatic heterocycles. The Labute approximate surface area is 138 Å². The van der Waals surface area contributed by atoms with Crippen molar-refractivity contribution in [3.05, 3.63) is 29.6 Å². The van der Waals surface area contributed by atoms with E-state index in [1.54, 1.807) is 12.1 Å². The van der Waals surface area contributed by atoms with Gasteiger partial charge in [-0.25, -0.2) is 4.39 Å². The molecule has 0 N–H and O–H groups in total. The van der Waals surface area contributed by atoms with Crippen LogP contribution in [0.15, 0.2) is 18.2 Å². The van der Waals surface area contributed by atoms with E-state index in [2.05, 4.69) is 11.0 Å². The number of carbonyl (C=O) groups excluding carboxylic acids is 1. The molecule has 0 unspecified atom stereocenters. The number of piperidine rings is 1. The number of rotatable bonds is 4. The molecule has 3 rings (SSSR count). The molecule has 1 aliphatic carbocycles. The summed E-state index contributed by atoms with van der Waals surface area (Å²) in [6.45, 7) is 1.84. The third-order valence-electron chi connectivity index (χ3n) is 4.63. The van der Waals surface area contributed by atoms with E-state index < -0.39 is 0 Å². The Bertz CT molecular complexity index is 543. The van der Waals surface area contributed by atoms with E-state index in [1.165, 1.54) is 31.7 Å². The number of anilines is 1. The normalized spacial score (nSPS) is 17.5. The average Bonchev–Trinajstić information content (AvgIpc) is 2.54. The SMILES string of the molecule is N#CCC1CCC1.O=CCc1ccc(F)c(N2CCCCC2)c1. The predicted molar refractivity (Wildman–Crippen MR) is 89.8 cm³/mol. The molecule has 0 amide bonds. The van der Waals surface area contributed by atoms with Gasteiger partial charge in [0.25, 0.3) is 0 Å². The van der Waals surface area contributed by atoms with Gasteiger partial charge in [-0.05, 0) is 55.7 Å². The van der Waals surface area contributed by atoms with Crippen LogP contribution >= 0.6 is 0 Å². The van der Waals surface area contributed by atoms with E-state index in [9.17, 15) is 9.18 Å². The lowest BCUT2D eigenvalue weighted by atomic mass is 9.84. The molecule has 124 valence electrons. The fraction of sp³-hybridized carbons (Fsp3) is 0.579. The lowest BCUT2D eigenvalue weighted by Crippen LogP contribution is -2.30. The fourth-order valence-electron chi connectivity index (χ4n) is 2.98. The highest BCUT2D eigenvalue weighted by atomic mass is 19.1. The van der Waals surface area contributed by atoms with E-state index in [0.717, 1.165) is 50.1 Å². The second-order valence-electron chi connectivity index (χ2n) is 6.36. The van der Waals surface area contributed by atoms with Crippen LogP contribution in [0.25, 0.3) is 0 Å². The van der Waals surface area contributed by atoms with Gasteiger partial charge in [-0.15, -0.1) is 0 Å². The summed E-state index contributed by atoms with van der Waals surface area (Å²) >= 11 is 0. The maximum atomic E-state index is 13.7. The second kappa shape index (κ2) is 9.29. The first-order valence-corrected chi connectivity index (χ1v) is 8.58. The molecule has 1 aliphatic heterocycles. The highest BCUT2D eigenvalue weighted by Gasteiger charge is 2.16. The van der Waals surface area contributed by atoms with Gasteiger partial charge in [-0.1, -0.05) is 12.5 Å². The van der Waals surface area contributed by atoms with Crippen LogP contribution in [-0.4, -0.2) is 19.4 Å². The minimum absolute atomic E-state index is 0.184. The standard InChI is InChI=1S/C13H16FNO.C6H9N/c14-12-5-4-11(6-9-16)10-13(12)15-7-2-1-3-8-15;7-5-4-6-2-1-3-6/h4-5,9-10H,1-3,6-8H2;6H,1-4H2. The molecular weight excluding hydrogens is 291 g/mol. The minimum atomic E-state index is -0.184. The molecular formula is C19H25FN2O. The summed E-state index contributed by atoms with van der Waals surface area (Å²) in [5, 5.41) is 8.15. The summed E-state index contributed by atoms with van der Waals surface area (Å²) in [4.78, 5) is 12.5. The van der Waals surface area contributed by atoms with Gasteiger partial charge in [-0.3, -0.25) is 0 Å². The Kier molecular flexibility index (Phi) is 7.06. The van der Waals surface area contributed by atoms with Gasteiger partial charge >= 0.3 is 0 Å². The second-order valence-corrected chi connectivity index (χ2v) is 6.36. The molecule has 1 aromatic rings. The first kappa shape index (κ1) is 17.5.